The van der Waals surface area contributed by atoms with Crippen LogP contribution >= 0.6 is 0 Å². The second kappa shape index (κ2) is 11.4. The van der Waals surface area contributed by atoms with Gasteiger partial charge in [0.2, 0.25) is 20.0 Å². The lowest BCUT2D eigenvalue weighted by atomic mass is 10.0. The average molecular weight is 616 g/mol. The number of hydrogen-bond acceptors (Lipinski definition) is 7. The third-order valence-corrected chi connectivity index (χ3v) is 8.73. The number of sulfonamides is 2. The number of carbonyl (C=O) groups is 1. The van der Waals surface area contributed by atoms with Crippen molar-refractivity contribution >= 4 is 42.6 Å². The molecule has 4 aromatic rings. The molecule has 13 heteroatoms. The Kier molecular flexibility index (Phi) is 8.01. The fraction of sp³-hybridized carbons (Fsp3) is 0.276. The highest BCUT2D eigenvalue weighted by atomic mass is 32.2. The second-order valence-corrected chi connectivity index (χ2v) is 13.9. The van der Waals surface area contributed by atoms with Crippen molar-refractivity contribution in [3.05, 3.63) is 77.6 Å². The highest BCUT2D eigenvalue weighted by Crippen LogP contribution is 2.48. The number of furan rings is 1. The summed E-state index contributed by atoms with van der Waals surface area (Å²) in [6.45, 7) is -0.240. The van der Waals surface area contributed by atoms with E-state index in [4.69, 9.17) is 9.15 Å². The van der Waals surface area contributed by atoms with Gasteiger partial charge in [-0.1, -0.05) is 0 Å². The van der Waals surface area contributed by atoms with Gasteiger partial charge in [0.15, 0.2) is 0 Å². The summed E-state index contributed by atoms with van der Waals surface area (Å²) < 4.78 is 77.7. The van der Waals surface area contributed by atoms with E-state index in [-0.39, 0.29) is 30.7 Å². The van der Waals surface area contributed by atoms with Crippen LogP contribution < -0.4 is 19.1 Å². The minimum absolute atomic E-state index is 0.0929. The van der Waals surface area contributed by atoms with E-state index in [1.807, 2.05) is 0 Å². The van der Waals surface area contributed by atoms with E-state index in [0.29, 0.717) is 45.0 Å². The Hall–Kier alpha value is -3.94. The highest BCUT2D eigenvalue weighted by Gasteiger charge is 2.33. The molecule has 0 bridgehead atoms. The molecule has 1 aromatic heterocycles. The molecule has 1 aliphatic rings. The number of fused-ring (bicyclic) bond motifs is 1. The van der Waals surface area contributed by atoms with Crippen LogP contribution in [0.5, 0.6) is 11.5 Å². The first-order chi connectivity index (χ1) is 19.8. The topological polar surface area (TPSA) is 135 Å². The van der Waals surface area contributed by atoms with Gasteiger partial charge in [-0.3, -0.25) is 9.10 Å². The maximum Gasteiger partial charge on any atom is 0.255 e. The summed E-state index contributed by atoms with van der Waals surface area (Å²) in [5, 5.41) is 3.19. The number of ether oxygens (including phenoxy) is 1. The monoisotopic (exact) mass is 615 g/mol. The number of benzene rings is 3. The fourth-order valence-electron chi connectivity index (χ4n) is 4.75. The lowest BCUT2D eigenvalue weighted by Gasteiger charge is -2.25. The molecule has 1 fully saturated rings. The third kappa shape index (κ3) is 6.58. The fourth-order valence-corrected chi connectivity index (χ4v) is 6.15. The normalized spacial score (nSPS) is 13.7. The number of hydrogen-bond donors (Lipinski definition) is 2. The molecule has 42 heavy (non-hydrogen) atoms. The van der Waals surface area contributed by atoms with Crippen molar-refractivity contribution in [2.45, 2.75) is 18.8 Å². The Morgan fingerprint density at radius 1 is 1.00 bits per heavy atom. The molecule has 0 atom stereocenters. The van der Waals surface area contributed by atoms with Gasteiger partial charge in [0.05, 0.1) is 23.8 Å². The summed E-state index contributed by atoms with van der Waals surface area (Å²) in [5.74, 6) is 0.593. The summed E-state index contributed by atoms with van der Waals surface area (Å²) in [6, 6.07) is 15.9. The molecule has 222 valence electrons. The van der Waals surface area contributed by atoms with Gasteiger partial charge in [0, 0.05) is 37.2 Å². The second-order valence-electron chi connectivity index (χ2n) is 10.1. The molecular formula is C29H30FN3O7S2. The number of carbonyl (C=O) groups excluding carboxylic acids is 1. The molecule has 3 aromatic carbocycles. The van der Waals surface area contributed by atoms with E-state index in [2.05, 4.69) is 10.0 Å². The van der Waals surface area contributed by atoms with Crippen LogP contribution in [0.2, 0.25) is 0 Å². The summed E-state index contributed by atoms with van der Waals surface area (Å²) in [4.78, 5) is 13.1. The molecule has 0 radical (unpaired) electrons. The van der Waals surface area contributed by atoms with E-state index in [1.54, 1.807) is 36.4 Å². The zero-order valence-corrected chi connectivity index (χ0v) is 24.8. The van der Waals surface area contributed by atoms with Crippen molar-refractivity contribution in [2.75, 3.05) is 37.0 Å². The van der Waals surface area contributed by atoms with E-state index in [1.165, 1.54) is 35.6 Å². The van der Waals surface area contributed by atoms with Gasteiger partial charge >= 0.3 is 0 Å². The van der Waals surface area contributed by atoms with Crippen LogP contribution in [-0.4, -0.2) is 55.4 Å². The first-order valence-electron chi connectivity index (χ1n) is 13.1. The summed E-state index contributed by atoms with van der Waals surface area (Å²) in [6.07, 6.45) is 3.78. The van der Waals surface area contributed by atoms with Crippen molar-refractivity contribution in [1.82, 2.24) is 10.0 Å². The zero-order valence-electron chi connectivity index (χ0n) is 23.2. The first kappa shape index (κ1) is 29.5. The van der Waals surface area contributed by atoms with Crippen molar-refractivity contribution < 1.29 is 35.2 Å². The molecule has 1 heterocycles. The largest absolute Gasteiger partial charge is 0.457 e. The number of anilines is 1. The number of halogens is 1. The highest BCUT2D eigenvalue weighted by molar-refractivity contribution is 7.92. The molecule has 1 saturated carbocycles. The molecule has 0 aliphatic heterocycles. The zero-order chi connectivity index (χ0) is 30.2. The Labute approximate surface area is 243 Å². The minimum Gasteiger partial charge on any atom is -0.457 e. The third-order valence-electron chi connectivity index (χ3n) is 6.82. The van der Waals surface area contributed by atoms with E-state index >= 15 is 0 Å². The van der Waals surface area contributed by atoms with Gasteiger partial charge in [0.1, 0.15) is 28.7 Å². The Bertz CT molecular complexity index is 1850. The molecule has 0 unspecified atom stereocenters. The number of amides is 1. The number of nitrogens with one attached hydrogen (secondary N) is 2. The molecular weight excluding hydrogens is 585 g/mol. The molecule has 10 nitrogen and oxygen atoms in total. The van der Waals surface area contributed by atoms with Gasteiger partial charge in [0.25, 0.3) is 5.91 Å². The maximum atomic E-state index is 13.2. The summed E-state index contributed by atoms with van der Waals surface area (Å²) in [5.41, 5.74) is 2.32. The van der Waals surface area contributed by atoms with Gasteiger partial charge in [-0.25, -0.2) is 25.9 Å². The van der Waals surface area contributed by atoms with E-state index in [9.17, 15) is 26.0 Å². The Morgan fingerprint density at radius 3 is 2.17 bits per heavy atom. The standard InChI is InChI=1S/C29H30FN3O7S2/c1-31-29(34)27-24-16-23(18-4-5-18)25(33(42(3,37)38)15-14-32-41(2,35)36)17-26(24)40-28(27)19-6-10-21(11-7-19)39-22-12-8-20(30)9-13-22/h6-13,16-18,32H,4-5,14-15H2,1-3H3,(H,31,34). The minimum atomic E-state index is -3.80. The number of rotatable bonds is 11. The van der Waals surface area contributed by atoms with Crippen LogP contribution in [0, 0.1) is 5.82 Å². The smallest absolute Gasteiger partial charge is 0.255 e. The van der Waals surface area contributed by atoms with Crippen molar-refractivity contribution in [2.24, 2.45) is 0 Å². The number of nitrogens with zero attached hydrogens (tertiary/aromatic N) is 1. The SMILES string of the molecule is CNC(=O)c1c(-c2ccc(Oc3ccc(F)cc3)cc2)oc2cc(N(CCNS(C)(=O)=O)S(C)(=O)=O)c(C3CC3)cc12. The molecule has 1 aliphatic carbocycles. The average Bonchev–Trinajstić information content (AvgIpc) is 3.71. The Morgan fingerprint density at radius 2 is 1.62 bits per heavy atom. The quantitative estimate of drug-likeness (QED) is 0.252. The van der Waals surface area contributed by atoms with Crippen LogP contribution in [-0.2, 0) is 20.0 Å². The summed E-state index contributed by atoms with van der Waals surface area (Å²) >= 11 is 0. The predicted molar refractivity (Wildman–Crippen MR) is 159 cm³/mol. The van der Waals surface area contributed by atoms with E-state index < -0.39 is 20.0 Å². The van der Waals surface area contributed by atoms with Gasteiger partial charge in [-0.05, 0) is 78.9 Å². The maximum absolute atomic E-state index is 13.2. The first-order valence-corrected chi connectivity index (χ1v) is 16.9. The van der Waals surface area contributed by atoms with Gasteiger partial charge in [-0.15, -0.1) is 0 Å². The van der Waals surface area contributed by atoms with Crippen molar-refractivity contribution in [3.63, 3.8) is 0 Å². The molecule has 0 spiro atoms. The van der Waals surface area contributed by atoms with Crippen LogP contribution in [0.1, 0.15) is 34.7 Å². The van der Waals surface area contributed by atoms with Crippen molar-refractivity contribution in [3.8, 4) is 22.8 Å². The molecule has 2 N–H and O–H groups in total. The van der Waals surface area contributed by atoms with Crippen molar-refractivity contribution in [1.29, 1.82) is 0 Å². The van der Waals surface area contributed by atoms with E-state index in [0.717, 1.165) is 30.9 Å². The van der Waals surface area contributed by atoms with Gasteiger partial charge < -0.3 is 14.5 Å². The Balaban J connectivity index is 1.58. The molecule has 5 rings (SSSR count). The van der Waals surface area contributed by atoms with Crippen LogP contribution in [0.4, 0.5) is 10.1 Å². The lowest BCUT2D eigenvalue weighted by molar-refractivity contribution is 0.0964. The van der Waals surface area contributed by atoms with Crippen LogP contribution in [0.15, 0.2) is 65.1 Å². The van der Waals surface area contributed by atoms with Crippen LogP contribution in [0.3, 0.4) is 0 Å². The van der Waals surface area contributed by atoms with Gasteiger partial charge in [-0.2, -0.15) is 0 Å². The predicted octanol–water partition coefficient (Wildman–Crippen LogP) is 4.58. The summed E-state index contributed by atoms with van der Waals surface area (Å²) in [7, 11) is -5.81. The molecule has 0 saturated heterocycles. The molecule has 1 amide bonds. The lowest BCUT2D eigenvalue weighted by Crippen LogP contribution is -2.38. The van der Waals surface area contributed by atoms with Crippen LogP contribution in [0.25, 0.3) is 22.3 Å².